The number of nitrogens with two attached hydrogens (primary N) is 1. The summed E-state index contributed by atoms with van der Waals surface area (Å²) in [7, 11) is 0. The van der Waals surface area contributed by atoms with Gasteiger partial charge in [-0.1, -0.05) is 11.3 Å². The first kappa shape index (κ1) is 11.4. The van der Waals surface area contributed by atoms with E-state index in [1.54, 1.807) is 11.3 Å². The van der Waals surface area contributed by atoms with Crippen LogP contribution < -0.4 is 5.73 Å². The van der Waals surface area contributed by atoms with E-state index in [9.17, 15) is 0 Å². The monoisotopic (exact) mass is 243 g/mol. The summed E-state index contributed by atoms with van der Waals surface area (Å²) in [6.45, 7) is 1.96. The van der Waals surface area contributed by atoms with Crippen molar-refractivity contribution in [3.05, 3.63) is 10.0 Å². The number of thioether (sulfide) groups is 1. The van der Waals surface area contributed by atoms with Crippen molar-refractivity contribution in [3.63, 3.8) is 0 Å². The van der Waals surface area contributed by atoms with Gasteiger partial charge in [0.25, 0.3) is 0 Å². The van der Waals surface area contributed by atoms with E-state index in [2.05, 4.69) is 22.0 Å². The third kappa shape index (κ3) is 3.16. The second-order valence-electron chi connectivity index (χ2n) is 4.08. The number of hydrogen-bond acceptors (Lipinski definition) is 5. The number of aromatic nitrogens is 2. The van der Waals surface area contributed by atoms with E-state index in [1.165, 1.54) is 29.4 Å². The van der Waals surface area contributed by atoms with Crippen molar-refractivity contribution < 1.29 is 0 Å². The van der Waals surface area contributed by atoms with E-state index in [0.717, 1.165) is 17.3 Å². The number of hydrogen-bond donors (Lipinski definition) is 1. The fourth-order valence-electron chi connectivity index (χ4n) is 1.73. The Morgan fingerprint density at radius 1 is 1.40 bits per heavy atom. The Kier molecular flexibility index (Phi) is 3.99. The van der Waals surface area contributed by atoms with Gasteiger partial charge in [0.1, 0.15) is 10.0 Å². The molecular weight excluding hydrogens is 226 g/mol. The first-order valence-electron chi connectivity index (χ1n) is 5.41. The molecule has 0 aromatic carbocycles. The molecule has 1 atom stereocenters. The highest BCUT2D eigenvalue weighted by Crippen LogP contribution is 2.27. The van der Waals surface area contributed by atoms with E-state index in [4.69, 9.17) is 5.73 Å². The lowest BCUT2D eigenvalue weighted by Gasteiger charge is -2.19. The average Bonchev–Trinajstić information content (AvgIpc) is 2.68. The van der Waals surface area contributed by atoms with Crippen LogP contribution in [0.1, 0.15) is 35.8 Å². The predicted molar refractivity (Wildman–Crippen MR) is 66.3 cm³/mol. The lowest BCUT2D eigenvalue weighted by molar-refractivity contribution is 0.485. The first-order valence-corrected chi connectivity index (χ1v) is 7.38. The molecule has 0 radical (unpaired) electrons. The Hall–Kier alpha value is -0.130. The van der Waals surface area contributed by atoms with Crippen LogP contribution in [0.2, 0.25) is 0 Å². The molecule has 0 aliphatic carbocycles. The van der Waals surface area contributed by atoms with Crippen LogP contribution in [0.3, 0.4) is 0 Å². The third-order valence-corrected chi connectivity index (χ3v) is 4.87. The highest BCUT2D eigenvalue weighted by atomic mass is 32.2. The van der Waals surface area contributed by atoms with E-state index in [0.29, 0.717) is 0 Å². The maximum absolute atomic E-state index is 5.76. The zero-order chi connectivity index (χ0) is 10.7. The molecule has 1 aromatic heterocycles. The quantitative estimate of drug-likeness (QED) is 0.884. The molecule has 1 saturated heterocycles. The minimum Gasteiger partial charge on any atom is -0.322 e. The van der Waals surface area contributed by atoms with Gasteiger partial charge in [-0.15, -0.1) is 10.2 Å². The van der Waals surface area contributed by atoms with Gasteiger partial charge >= 0.3 is 0 Å². The Morgan fingerprint density at radius 3 is 2.73 bits per heavy atom. The molecule has 1 fully saturated rings. The Morgan fingerprint density at radius 2 is 2.13 bits per heavy atom. The van der Waals surface area contributed by atoms with Crippen molar-refractivity contribution in [3.8, 4) is 0 Å². The summed E-state index contributed by atoms with van der Waals surface area (Å²) in [5, 5.41) is 10.5. The molecule has 3 nitrogen and oxygen atoms in total. The summed E-state index contributed by atoms with van der Waals surface area (Å²) in [5.74, 6) is 3.44. The molecule has 0 spiro atoms. The zero-order valence-electron chi connectivity index (χ0n) is 8.98. The van der Waals surface area contributed by atoms with E-state index in [-0.39, 0.29) is 6.04 Å². The maximum Gasteiger partial charge on any atom is 0.133 e. The molecular formula is C10H17N3S2. The molecule has 15 heavy (non-hydrogen) atoms. The molecule has 2 heterocycles. The summed E-state index contributed by atoms with van der Waals surface area (Å²) in [6, 6.07) is 0.0261. The van der Waals surface area contributed by atoms with Crippen molar-refractivity contribution in [2.75, 3.05) is 11.5 Å². The normalized spacial score (nSPS) is 20.4. The van der Waals surface area contributed by atoms with Crippen LogP contribution in [0.5, 0.6) is 0 Å². The summed E-state index contributed by atoms with van der Waals surface area (Å²) < 4.78 is 0. The van der Waals surface area contributed by atoms with Crippen LogP contribution in [0.25, 0.3) is 0 Å². The van der Waals surface area contributed by atoms with Crippen LogP contribution in [-0.2, 0) is 6.42 Å². The van der Waals surface area contributed by atoms with Gasteiger partial charge in [-0.2, -0.15) is 11.8 Å². The Balaban J connectivity index is 1.91. The van der Waals surface area contributed by atoms with Gasteiger partial charge < -0.3 is 5.73 Å². The predicted octanol–water partition coefficient (Wildman–Crippen LogP) is 2.24. The second kappa shape index (κ2) is 5.27. The highest BCUT2D eigenvalue weighted by molar-refractivity contribution is 7.99. The molecule has 0 saturated carbocycles. The van der Waals surface area contributed by atoms with E-state index in [1.807, 2.05) is 6.92 Å². The lowest BCUT2D eigenvalue weighted by Crippen LogP contribution is -2.12. The molecule has 1 unspecified atom stereocenters. The van der Waals surface area contributed by atoms with Crippen molar-refractivity contribution >= 4 is 23.1 Å². The fourth-order valence-corrected chi connectivity index (χ4v) is 3.84. The van der Waals surface area contributed by atoms with Crippen LogP contribution in [0, 0.1) is 5.92 Å². The number of nitrogens with zero attached hydrogens (tertiary/aromatic N) is 2. The molecule has 2 rings (SSSR count). The topological polar surface area (TPSA) is 51.8 Å². The Bertz CT molecular complexity index is 305. The zero-order valence-corrected chi connectivity index (χ0v) is 10.6. The second-order valence-corrected chi connectivity index (χ2v) is 6.40. The third-order valence-electron chi connectivity index (χ3n) is 2.68. The minimum atomic E-state index is 0.0261. The highest BCUT2D eigenvalue weighted by Gasteiger charge is 2.17. The van der Waals surface area contributed by atoms with Crippen molar-refractivity contribution in [1.82, 2.24) is 10.2 Å². The van der Waals surface area contributed by atoms with Gasteiger partial charge in [0.15, 0.2) is 0 Å². The Labute approximate surface area is 98.9 Å². The molecule has 1 aliphatic heterocycles. The van der Waals surface area contributed by atoms with Crippen LogP contribution in [0.4, 0.5) is 0 Å². The van der Waals surface area contributed by atoms with Crippen LogP contribution in [-0.4, -0.2) is 21.7 Å². The minimum absolute atomic E-state index is 0.0261. The number of rotatable bonds is 3. The molecule has 2 N–H and O–H groups in total. The molecule has 0 bridgehead atoms. The summed E-state index contributed by atoms with van der Waals surface area (Å²) >= 11 is 3.75. The van der Waals surface area contributed by atoms with Gasteiger partial charge in [0.05, 0.1) is 6.04 Å². The SMILES string of the molecule is CC(N)c1nnc(CC2CCSCC2)s1. The molecule has 0 amide bonds. The molecule has 5 heteroatoms. The molecule has 1 aliphatic rings. The van der Waals surface area contributed by atoms with Crippen LogP contribution >= 0.6 is 23.1 Å². The van der Waals surface area contributed by atoms with Crippen LogP contribution in [0.15, 0.2) is 0 Å². The van der Waals surface area contributed by atoms with Gasteiger partial charge in [0.2, 0.25) is 0 Å². The summed E-state index contributed by atoms with van der Waals surface area (Å²) in [6.07, 6.45) is 3.76. The molecule has 1 aromatic rings. The van der Waals surface area contributed by atoms with Crippen molar-refractivity contribution in [2.24, 2.45) is 11.7 Å². The maximum atomic E-state index is 5.76. The van der Waals surface area contributed by atoms with Gasteiger partial charge in [-0.05, 0) is 37.2 Å². The van der Waals surface area contributed by atoms with Gasteiger partial charge in [-0.3, -0.25) is 0 Å². The van der Waals surface area contributed by atoms with E-state index < -0.39 is 0 Å². The van der Waals surface area contributed by atoms with Crippen molar-refractivity contribution in [1.29, 1.82) is 0 Å². The summed E-state index contributed by atoms with van der Waals surface area (Å²) in [4.78, 5) is 0. The van der Waals surface area contributed by atoms with Crippen molar-refractivity contribution in [2.45, 2.75) is 32.2 Å². The lowest BCUT2D eigenvalue weighted by atomic mass is 9.99. The smallest absolute Gasteiger partial charge is 0.133 e. The largest absolute Gasteiger partial charge is 0.322 e. The van der Waals surface area contributed by atoms with Gasteiger partial charge in [0, 0.05) is 6.42 Å². The summed E-state index contributed by atoms with van der Waals surface area (Å²) in [5.41, 5.74) is 5.76. The first-order chi connectivity index (χ1) is 7.25. The fraction of sp³-hybridized carbons (Fsp3) is 0.800. The standard InChI is InChI=1S/C10H17N3S2/c1-7(11)10-13-12-9(15-10)6-8-2-4-14-5-3-8/h7-8H,2-6,11H2,1H3. The average molecular weight is 243 g/mol. The molecule has 84 valence electrons. The van der Waals surface area contributed by atoms with E-state index >= 15 is 0 Å². The van der Waals surface area contributed by atoms with Gasteiger partial charge in [-0.25, -0.2) is 0 Å².